The Morgan fingerprint density at radius 2 is 1.90 bits per heavy atom. The summed E-state index contributed by atoms with van der Waals surface area (Å²) >= 11 is 0. The van der Waals surface area contributed by atoms with Crippen LogP contribution < -0.4 is 20.1 Å². The van der Waals surface area contributed by atoms with E-state index in [1.54, 1.807) is 0 Å². The van der Waals surface area contributed by atoms with Crippen LogP contribution in [0.15, 0.2) is 48.7 Å². The Balaban J connectivity index is 1.31. The zero-order valence-corrected chi connectivity index (χ0v) is 18.2. The molecule has 6 nitrogen and oxygen atoms in total. The molecule has 2 heterocycles. The van der Waals surface area contributed by atoms with Crippen molar-refractivity contribution >= 4 is 16.8 Å². The second-order valence-electron chi connectivity index (χ2n) is 8.32. The van der Waals surface area contributed by atoms with Crippen molar-refractivity contribution in [2.75, 3.05) is 26.3 Å². The van der Waals surface area contributed by atoms with Crippen LogP contribution >= 0.6 is 0 Å². The van der Waals surface area contributed by atoms with Gasteiger partial charge in [-0.25, -0.2) is 0 Å². The van der Waals surface area contributed by atoms with Crippen molar-refractivity contribution in [3.63, 3.8) is 0 Å². The summed E-state index contributed by atoms with van der Waals surface area (Å²) in [6, 6.07) is 14.3. The fourth-order valence-electron chi connectivity index (χ4n) is 4.05. The van der Waals surface area contributed by atoms with E-state index in [0.717, 1.165) is 35.4 Å². The molecule has 0 saturated heterocycles. The summed E-state index contributed by atoms with van der Waals surface area (Å²) in [5, 5.41) is 7.66. The van der Waals surface area contributed by atoms with Crippen molar-refractivity contribution in [1.29, 1.82) is 0 Å². The molecule has 1 amide bonds. The number of aromatic amines is 1. The van der Waals surface area contributed by atoms with Gasteiger partial charge in [-0.15, -0.1) is 0 Å². The molecule has 0 saturated carbocycles. The largest absolute Gasteiger partial charge is 0.490 e. The van der Waals surface area contributed by atoms with E-state index in [9.17, 15) is 4.79 Å². The highest BCUT2D eigenvalue weighted by molar-refractivity contribution is 5.83. The van der Waals surface area contributed by atoms with Gasteiger partial charge in [-0.05, 0) is 41.7 Å². The Morgan fingerprint density at radius 1 is 1.10 bits per heavy atom. The predicted octanol–water partition coefficient (Wildman–Crippen LogP) is 3.97. The molecule has 0 fully saturated rings. The van der Waals surface area contributed by atoms with E-state index >= 15 is 0 Å². The highest BCUT2D eigenvalue weighted by Crippen LogP contribution is 2.34. The van der Waals surface area contributed by atoms with Crippen LogP contribution in [0.3, 0.4) is 0 Å². The van der Waals surface area contributed by atoms with E-state index in [2.05, 4.69) is 47.7 Å². The highest BCUT2D eigenvalue weighted by atomic mass is 16.5. The number of fused-ring (bicyclic) bond motifs is 2. The molecule has 1 aliphatic rings. The number of aromatic nitrogens is 1. The van der Waals surface area contributed by atoms with E-state index in [1.165, 1.54) is 10.9 Å². The lowest BCUT2D eigenvalue weighted by Gasteiger charge is -2.23. The zero-order valence-electron chi connectivity index (χ0n) is 18.2. The van der Waals surface area contributed by atoms with Gasteiger partial charge in [-0.3, -0.25) is 4.79 Å². The van der Waals surface area contributed by atoms with Crippen molar-refractivity contribution < 1.29 is 14.3 Å². The van der Waals surface area contributed by atoms with Gasteiger partial charge in [0.2, 0.25) is 5.91 Å². The molecule has 4 rings (SSSR count). The van der Waals surface area contributed by atoms with Gasteiger partial charge in [0, 0.05) is 36.1 Å². The van der Waals surface area contributed by atoms with Crippen molar-refractivity contribution in [2.24, 2.45) is 5.92 Å². The van der Waals surface area contributed by atoms with Crippen LogP contribution in [0, 0.1) is 5.92 Å². The number of H-pyrrole nitrogens is 1. The minimum absolute atomic E-state index is 0.000153. The van der Waals surface area contributed by atoms with Gasteiger partial charge in [-0.1, -0.05) is 38.1 Å². The topological polar surface area (TPSA) is 75.4 Å². The van der Waals surface area contributed by atoms with Gasteiger partial charge in [-0.2, -0.15) is 0 Å². The molecule has 6 heteroatoms. The molecule has 164 valence electrons. The fourth-order valence-corrected chi connectivity index (χ4v) is 4.05. The molecule has 3 aromatic rings. The Kier molecular flexibility index (Phi) is 6.77. The molecule has 0 unspecified atom stereocenters. The third-order valence-electron chi connectivity index (χ3n) is 5.67. The average molecular weight is 422 g/mol. The maximum absolute atomic E-state index is 12.4. The first kappa shape index (κ1) is 21.2. The fraction of sp³-hybridized carbons (Fsp3) is 0.400. The third-order valence-corrected chi connectivity index (χ3v) is 5.67. The zero-order chi connectivity index (χ0) is 21.6. The van der Waals surface area contributed by atoms with Crippen LogP contribution in [0.4, 0.5) is 0 Å². The minimum atomic E-state index is -0.000153. The molecule has 0 spiro atoms. The molecule has 1 aliphatic heterocycles. The Labute approximate surface area is 183 Å². The Bertz CT molecular complexity index is 1030. The molecule has 0 bridgehead atoms. The summed E-state index contributed by atoms with van der Waals surface area (Å²) in [5.74, 6) is 1.90. The number of para-hydroxylation sites is 1. The number of carbonyl (C=O) groups is 1. The standard InChI is InChI=1S/C25H31N3O3/c1-17(2)25(18-8-9-22-23(14-18)31-13-5-12-30-22)28-16-24(29)26-11-10-19-15-27-21-7-4-3-6-20(19)21/h3-4,6-9,14-15,17,25,27-28H,5,10-13,16H2,1-2H3,(H,26,29)/t25-/m0/s1. The quantitative estimate of drug-likeness (QED) is 0.514. The maximum atomic E-state index is 12.4. The van der Waals surface area contributed by atoms with Crippen molar-refractivity contribution in [3.05, 3.63) is 59.8 Å². The van der Waals surface area contributed by atoms with E-state index < -0.39 is 0 Å². The first-order chi connectivity index (χ1) is 15.1. The third kappa shape index (κ3) is 5.20. The second kappa shape index (κ2) is 9.88. The lowest BCUT2D eigenvalue weighted by atomic mass is 9.95. The monoisotopic (exact) mass is 421 g/mol. The second-order valence-corrected chi connectivity index (χ2v) is 8.32. The summed E-state index contributed by atoms with van der Waals surface area (Å²) in [4.78, 5) is 15.7. The number of hydrogen-bond acceptors (Lipinski definition) is 4. The number of benzene rings is 2. The van der Waals surface area contributed by atoms with Crippen LogP contribution in [0.1, 0.15) is 37.4 Å². The Hall–Kier alpha value is -2.99. The molecule has 2 aromatic carbocycles. The van der Waals surface area contributed by atoms with Gasteiger partial charge in [0.25, 0.3) is 0 Å². The minimum Gasteiger partial charge on any atom is -0.490 e. The van der Waals surface area contributed by atoms with E-state index in [1.807, 2.05) is 30.5 Å². The molecule has 0 radical (unpaired) electrons. The molecule has 1 atom stereocenters. The molecular formula is C25H31N3O3. The summed E-state index contributed by atoms with van der Waals surface area (Å²) in [6.45, 7) is 6.51. The number of amides is 1. The summed E-state index contributed by atoms with van der Waals surface area (Å²) in [7, 11) is 0. The molecule has 0 aliphatic carbocycles. The molecule has 1 aromatic heterocycles. The van der Waals surface area contributed by atoms with Crippen LogP contribution in [-0.2, 0) is 11.2 Å². The van der Waals surface area contributed by atoms with Crippen LogP contribution in [0.5, 0.6) is 11.5 Å². The maximum Gasteiger partial charge on any atom is 0.233 e. The van der Waals surface area contributed by atoms with Gasteiger partial charge >= 0.3 is 0 Å². The number of hydrogen-bond donors (Lipinski definition) is 3. The predicted molar refractivity (Wildman–Crippen MR) is 123 cm³/mol. The van der Waals surface area contributed by atoms with Gasteiger partial charge in [0.15, 0.2) is 11.5 Å². The van der Waals surface area contributed by atoms with E-state index in [4.69, 9.17) is 9.47 Å². The number of carbonyl (C=O) groups excluding carboxylic acids is 1. The first-order valence-electron chi connectivity index (χ1n) is 11.1. The SMILES string of the molecule is CC(C)[C@H](NCC(=O)NCCc1c[nH]c2ccccc12)c1ccc2c(c1)OCCCO2. The molecule has 3 N–H and O–H groups in total. The molecule has 31 heavy (non-hydrogen) atoms. The summed E-state index contributed by atoms with van der Waals surface area (Å²) < 4.78 is 11.6. The highest BCUT2D eigenvalue weighted by Gasteiger charge is 2.20. The first-order valence-corrected chi connectivity index (χ1v) is 11.1. The lowest BCUT2D eigenvalue weighted by Crippen LogP contribution is -2.38. The average Bonchev–Trinajstić information content (AvgIpc) is 3.02. The van der Waals surface area contributed by atoms with Gasteiger partial charge in [0.05, 0.1) is 19.8 Å². The van der Waals surface area contributed by atoms with Crippen molar-refractivity contribution in [2.45, 2.75) is 32.7 Å². The number of nitrogens with one attached hydrogen (secondary N) is 3. The van der Waals surface area contributed by atoms with E-state index in [-0.39, 0.29) is 18.5 Å². The van der Waals surface area contributed by atoms with Crippen molar-refractivity contribution in [3.8, 4) is 11.5 Å². The van der Waals surface area contributed by atoms with Gasteiger partial charge in [0.1, 0.15) is 0 Å². The molecular weight excluding hydrogens is 390 g/mol. The number of rotatable bonds is 8. The smallest absolute Gasteiger partial charge is 0.233 e. The number of ether oxygens (including phenoxy) is 2. The summed E-state index contributed by atoms with van der Waals surface area (Å²) in [6.07, 6.45) is 3.70. The van der Waals surface area contributed by atoms with Crippen LogP contribution in [-0.4, -0.2) is 37.2 Å². The van der Waals surface area contributed by atoms with Gasteiger partial charge < -0.3 is 25.1 Å². The lowest BCUT2D eigenvalue weighted by molar-refractivity contribution is -0.120. The normalized spacial score (nSPS) is 14.4. The summed E-state index contributed by atoms with van der Waals surface area (Å²) in [5.41, 5.74) is 3.45. The van der Waals surface area contributed by atoms with E-state index in [0.29, 0.717) is 25.7 Å². The van der Waals surface area contributed by atoms with Crippen LogP contribution in [0.25, 0.3) is 10.9 Å². The van der Waals surface area contributed by atoms with Crippen LogP contribution in [0.2, 0.25) is 0 Å². The Morgan fingerprint density at radius 3 is 2.74 bits per heavy atom. The van der Waals surface area contributed by atoms with Crippen molar-refractivity contribution in [1.82, 2.24) is 15.6 Å².